The number of carbonyl (C=O) groups is 2. The van der Waals surface area contributed by atoms with E-state index in [1.54, 1.807) is 20.3 Å². The summed E-state index contributed by atoms with van der Waals surface area (Å²) in [6, 6.07) is 5.67. The molecule has 1 aromatic rings. The van der Waals surface area contributed by atoms with Gasteiger partial charge in [-0.15, -0.1) is 6.58 Å². The van der Waals surface area contributed by atoms with E-state index in [1.165, 1.54) is 13.2 Å². The van der Waals surface area contributed by atoms with Crippen molar-refractivity contribution in [3.05, 3.63) is 48.3 Å². The third-order valence-corrected chi connectivity index (χ3v) is 5.88. The Bertz CT molecular complexity index is 794. The fourth-order valence-electron chi connectivity index (χ4n) is 4.86. The quantitative estimate of drug-likeness (QED) is 0.732. The lowest BCUT2D eigenvalue weighted by molar-refractivity contribution is -0.161. The van der Waals surface area contributed by atoms with Crippen molar-refractivity contribution in [1.82, 2.24) is 0 Å². The molecule has 4 atom stereocenters. The fourth-order valence-corrected chi connectivity index (χ4v) is 4.86. The molecule has 2 aliphatic carbocycles. The molecule has 26 heavy (non-hydrogen) atoms. The minimum absolute atomic E-state index is 0.00310. The number of carbonyl (C=O) groups excluding carboxylic acids is 2. The van der Waals surface area contributed by atoms with Crippen molar-refractivity contribution in [2.45, 2.75) is 19.3 Å². The molecule has 0 saturated heterocycles. The van der Waals surface area contributed by atoms with Crippen molar-refractivity contribution in [3.63, 3.8) is 0 Å². The Hall–Kier alpha value is -2.56. The monoisotopic (exact) mass is 356 g/mol. The summed E-state index contributed by atoms with van der Waals surface area (Å²) >= 11 is 0. The van der Waals surface area contributed by atoms with Gasteiger partial charge in [-0.3, -0.25) is 9.59 Å². The highest BCUT2D eigenvalue weighted by atomic mass is 16.5. The van der Waals surface area contributed by atoms with Crippen molar-refractivity contribution < 1.29 is 23.8 Å². The van der Waals surface area contributed by atoms with Gasteiger partial charge in [0.15, 0.2) is 23.0 Å². The van der Waals surface area contributed by atoms with Crippen LogP contribution in [0.1, 0.15) is 24.8 Å². The van der Waals surface area contributed by atoms with Crippen molar-refractivity contribution in [2.24, 2.45) is 17.3 Å². The third kappa shape index (κ3) is 2.30. The molecule has 0 radical (unpaired) electrons. The van der Waals surface area contributed by atoms with Crippen LogP contribution in [0, 0.1) is 17.3 Å². The van der Waals surface area contributed by atoms with Crippen LogP contribution in [0.15, 0.2) is 42.7 Å². The first-order valence-electron chi connectivity index (χ1n) is 8.63. The molecule has 1 saturated carbocycles. The Morgan fingerprint density at radius 1 is 1.08 bits per heavy atom. The minimum atomic E-state index is -0.806. The van der Waals surface area contributed by atoms with Crippen LogP contribution in [-0.2, 0) is 14.3 Å². The number of Topliss-reactive ketones (excluding diaryl/α,β-unsaturated/α-hetero) is 1. The van der Waals surface area contributed by atoms with E-state index in [4.69, 9.17) is 14.2 Å². The molecule has 0 bridgehead atoms. The van der Waals surface area contributed by atoms with Crippen molar-refractivity contribution >= 4 is 11.6 Å². The molecule has 0 aromatic heterocycles. The Balaban J connectivity index is 2.12. The second-order valence-electron chi connectivity index (χ2n) is 6.90. The SMILES string of the molecule is C=CCC12C(=O)C=C(OC)C(=O)C1C(C)C2c1ccc(OC)c(OC)c1. The molecule has 1 fully saturated rings. The standard InChI is InChI=1S/C21H24O5/c1-6-9-21-17(22)11-16(26-5)20(23)19(21)12(2)18(21)13-7-8-14(24-3)15(10-13)25-4/h6-8,10-12,18-19H,1,9H2,2-5H3. The van der Waals surface area contributed by atoms with Gasteiger partial charge in [-0.1, -0.05) is 19.1 Å². The predicted molar refractivity (Wildman–Crippen MR) is 97.3 cm³/mol. The average molecular weight is 356 g/mol. The van der Waals surface area contributed by atoms with E-state index in [0.29, 0.717) is 17.9 Å². The summed E-state index contributed by atoms with van der Waals surface area (Å²) in [5.41, 5.74) is 0.156. The highest BCUT2D eigenvalue weighted by Gasteiger charge is 2.67. The van der Waals surface area contributed by atoms with Crippen molar-refractivity contribution in [3.8, 4) is 11.5 Å². The first-order chi connectivity index (χ1) is 12.5. The third-order valence-electron chi connectivity index (χ3n) is 5.88. The number of ketones is 2. The van der Waals surface area contributed by atoms with E-state index < -0.39 is 11.3 Å². The minimum Gasteiger partial charge on any atom is -0.493 e. The Labute approximate surface area is 153 Å². The molecule has 138 valence electrons. The molecular formula is C21H24O5. The van der Waals surface area contributed by atoms with Crippen LogP contribution in [0.2, 0.25) is 0 Å². The van der Waals surface area contributed by atoms with Crippen LogP contribution in [-0.4, -0.2) is 32.9 Å². The van der Waals surface area contributed by atoms with Gasteiger partial charge in [0.05, 0.1) is 26.7 Å². The maximum absolute atomic E-state index is 13.1. The molecule has 4 unspecified atom stereocenters. The maximum Gasteiger partial charge on any atom is 0.201 e. The number of fused-ring (bicyclic) bond motifs is 1. The molecule has 5 heteroatoms. The summed E-state index contributed by atoms with van der Waals surface area (Å²) in [5, 5.41) is 0. The van der Waals surface area contributed by atoms with Gasteiger partial charge in [-0.2, -0.15) is 0 Å². The number of allylic oxidation sites excluding steroid dienone is 3. The van der Waals surface area contributed by atoms with E-state index in [2.05, 4.69) is 6.58 Å². The van der Waals surface area contributed by atoms with Gasteiger partial charge < -0.3 is 14.2 Å². The van der Waals surface area contributed by atoms with Crippen LogP contribution >= 0.6 is 0 Å². The Morgan fingerprint density at radius 2 is 1.77 bits per heavy atom. The fraction of sp³-hybridized carbons (Fsp3) is 0.429. The van der Waals surface area contributed by atoms with Gasteiger partial charge in [-0.05, 0) is 30.0 Å². The lowest BCUT2D eigenvalue weighted by Crippen LogP contribution is -2.63. The van der Waals surface area contributed by atoms with Crippen LogP contribution in [0.25, 0.3) is 0 Å². The summed E-state index contributed by atoms with van der Waals surface area (Å²) in [5.74, 6) is 0.722. The lowest BCUT2D eigenvalue weighted by atomic mass is 9.40. The number of ether oxygens (including phenoxy) is 3. The largest absolute Gasteiger partial charge is 0.493 e. The van der Waals surface area contributed by atoms with E-state index in [-0.39, 0.29) is 29.2 Å². The summed E-state index contributed by atoms with van der Waals surface area (Å²) in [6.45, 7) is 5.83. The molecule has 0 amide bonds. The summed E-state index contributed by atoms with van der Waals surface area (Å²) in [4.78, 5) is 25.9. The second-order valence-corrected chi connectivity index (χ2v) is 6.90. The highest BCUT2D eigenvalue weighted by molar-refractivity contribution is 6.13. The summed E-state index contributed by atoms with van der Waals surface area (Å²) < 4.78 is 15.9. The smallest absolute Gasteiger partial charge is 0.201 e. The average Bonchev–Trinajstić information content (AvgIpc) is 2.64. The van der Waals surface area contributed by atoms with E-state index in [9.17, 15) is 9.59 Å². The normalized spacial score (nSPS) is 30.0. The van der Waals surface area contributed by atoms with E-state index in [0.717, 1.165) is 5.56 Å². The summed E-state index contributed by atoms with van der Waals surface area (Å²) in [7, 11) is 4.59. The maximum atomic E-state index is 13.1. The van der Waals surface area contributed by atoms with Gasteiger partial charge in [-0.25, -0.2) is 0 Å². The first-order valence-corrected chi connectivity index (χ1v) is 8.63. The predicted octanol–water partition coefficient (Wildman–Crippen LogP) is 3.30. The van der Waals surface area contributed by atoms with E-state index >= 15 is 0 Å². The molecule has 0 N–H and O–H groups in total. The molecule has 3 rings (SSSR count). The van der Waals surface area contributed by atoms with Gasteiger partial charge in [0, 0.05) is 17.9 Å². The molecular weight excluding hydrogens is 332 g/mol. The molecule has 0 aliphatic heterocycles. The lowest BCUT2D eigenvalue weighted by Gasteiger charge is -2.60. The molecule has 0 spiro atoms. The zero-order chi connectivity index (χ0) is 19.1. The molecule has 2 aliphatic rings. The second kappa shape index (κ2) is 6.63. The van der Waals surface area contributed by atoms with Crippen molar-refractivity contribution in [1.29, 1.82) is 0 Å². The van der Waals surface area contributed by atoms with Crippen LogP contribution in [0.3, 0.4) is 0 Å². The number of hydrogen-bond acceptors (Lipinski definition) is 5. The first kappa shape index (κ1) is 18.2. The molecule has 0 heterocycles. The van der Waals surface area contributed by atoms with Gasteiger partial charge in [0.25, 0.3) is 0 Å². The molecule has 1 aromatic carbocycles. The van der Waals surface area contributed by atoms with Gasteiger partial charge >= 0.3 is 0 Å². The summed E-state index contributed by atoms with van der Waals surface area (Å²) in [6.07, 6.45) is 3.52. The highest BCUT2D eigenvalue weighted by Crippen LogP contribution is 2.66. The zero-order valence-corrected chi connectivity index (χ0v) is 15.6. The Morgan fingerprint density at radius 3 is 2.35 bits per heavy atom. The van der Waals surface area contributed by atoms with E-state index in [1.807, 2.05) is 25.1 Å². The van der Waals surface area contributed by atoms with Crippen molar-refractivity contribution in [2.75, 3.05) is 21.3 Å². The number of rotatable bonds is 6. The van der Waals surface area contributed by atoms with Crippen LogP contribution in [0.4, 0.5) is 0 Å². The number of benzene rings is 1. The van der Waals surface area contributed by atoms with Crippen LogP contribution < -0.4 is 9.47 Å². The topological polar surface area (TPSA) is 61.8 Å². The zero-order valence-electron chi connectivity index (χ0n) is 15.6. The number of methoxy groups -OCH3 is 3. The molecule has 5 nitrogen and oxygen atoms in total. The van der Waals surface area contributed by atoms with Gasteiger partial charge in [0.2, 0.25) is 5.78 Å². The number of hydrogen-bond donors (Lipinski definition) is 0. The Kier molecular flexibility index (Phi) is 4.65. The van der Waals surface area contributed by atoms with Gasteiger partial charge in [0.1, 0.15) is 0 Å². The van der Waals surface area contributed by atoms with Crippen LogP contribution in [0.5, 0.6) is 11.5 Å².